The third-order valence-corrected chi connectivity index (χ3v) is 4.16. The smallest absolute Gasteiger partial charge is 0.272 e. The van der Waals surface area contributed by atoms with Crippen molar-refractivity contribution in [2.45, 2.75) is 20.3 Å². The summed E-state index contributed by atoms with van der Waals surface area (Å²) >= 11 is 0. The number of hydrogen-bond acceptors (Lipinski definition) is 5. The zero-order chi connectivity index (χ0) is 24.2. The van der Waals surface area contributed by atoms with Crippen LogP contribution in [0.2, 0.25) is 0 Å². The van der Waals surface area contributed by atoms with Gasteiger partial charge in [-0.2, -0.15) is 0 Å². The Morgan fingerprint density at radius 1 is 0.970 bits per heavy atom. The first-order valence-corrected chi connectivity index (χ1v) is 10.4. The molecule has 2 aromatic rings. The quantitative estimate of drug-likeness (QED) is 0.421. The van der Waals surface area contributed by atoms with Crippen molar-refractivity contribution in [2.75, 3.05) is 26.4 Å². The predicted octanol–water partition coefficient (Wildman–Crippen LogP) is 3.24. The summed E-state index contributed by atoms with van der Waals surface area (Å²) in [4.78, 5) is 25.2. The lowest BCUT2D eigenvalue weighted by Crippen LogP contribution is -2.36. The Morgan fingerprint density at radius 3 is 2.09 bits per heavy atom. The fourth-order valence-corrected chi connectivity index (χ4v) is 2.57. The maximum absolute atomic E-state index is 12.7. The molecule has 3 N–H and O–H groups in total. The molecule has 7 nitrogen and oxygen atoms in total. The molecule has 2 amide bonds. The lowest BCUT2D eigenvalue weighted by molar-refractivity contribution is -0.117. The molecule has 0 aliphatic rings. The van der Waals surface area contributed by atoms with Crippen molar-refractivity contribution in [3.63, 3.8) is 0 Å². The van der Waals surface area contributed by atoms with Gasteiger partial charge in [-0.05, 0) is 54.0 Å². The van der Waals surface area contributed by atoms with Crippen LogP contribution in [-0.4, -0.2) is 49.7 Å². The highest BCUT2D eigenvalue weighted by molar-refractivity contribution is 6.05. The van der Waals surface area contributed by atoms with Crippen molar-refractivity contribution in [2.24, 2.45) is 5.92 Å². The highest BCUT2D eigenvalue weighted by atomic mass is 19.3. The van der Waals surface area contributed by atoms with Gasteiger partial charge in [0.15, 0.2) is 0 Å². The summed E-state index contributed by atoms with van der Waals surface area (Å²) in [6, 6.07) is 12.6. The maximum Gasteiger partial charge on any atom is 0.272 e. The first-order chi connectivity index (χ1) is 15.8. The summed E-state index contributed by atoms with van der Waals surface area (Å²) in [7, 11) is 0. The van der Waals surface area contributed by atoms with E-state index in [1.807, 2.05) is 13.8 Å². The second-order valence-electron chi connectivity index (χ2n) is 7.49. The maximum atomic E-state index is 12.7. The Kier molecular flexibility index (Phi) is 10.3. The molecule has 0 aliphatic heterocycles. The van der Waals surface area contributed by atoms with E-state index in [9.17, 15) is 18.4 Å². The van der Waals surface area contributed by atoms with Gasteiger partial charge in [0.25, 0.3) is 18.2 Å². The molecule has 178 valence electrons. The number of rotatable bonds is 12. The Labute approximate surface area is 191 Å². The molecule has 0 aromatic heterocycles. The minimum Gasteiger partial charge on any atom is -0.493 e. The second kappa shape index (κ2) is 13.2. The average Bonchev–Trinajstić information content (AvgIpc) is 2.80. The van der Waals surface area contributed by atoms with E-state index >= 15 is 0 Å². The molecule has 2 rings (SSSR count). The van der Waals surface area contributed by atoms with Gasteiger partial charge in [-0.25, -0.2) is 8.78 Å². The third-order valence-electron chi connectivity index (χ3n) is 4.16. The molecular weight excluding hydrogens is 434 g/mol. The zero-order valence-corrected chi connectivity index (χ0v) is 18.5. The molecule has 0 bridgehead atoms. The van der Waals surface area contributed by atoms with Crippen molar-refractivity contribution in [1.29, 1.82) is 0 Å². The zero-order valence-electron chi connectivity index (χ0n) is 18.5. The van der Waals surface area contributed by atoms with Crippen LogP contribution < -0.4 is 20.1 Å². The van der Waals surface area contributed by atoms with Gasteiger partial charge in [0.05, 0.1) is 13.2 Å². The van der Waals surface area contributed by atoms with Gasteiger partial charge in [-0.1, -0.05) is 26.0 Å². The van der Waals surface area contributed by atoms with Crippen molar-refractivity contribution < 1.29 is 33.0 Å². The summed E-state index contributed by atoms with van der Waals surface area (Å²) in [6.07, 6.45) is -1.15. The first kappa shape index (κ1) is 25.8. The fraction of sp³-hybridized carbons (Fsp3) is 0.333. The molecule has 0 fully saturated rings. The molecule has 33 heavy (non-hydrogen) atoms. The summed E-state index contributed by atoms with van der Waals surface area (Å²) in [5.41, 5.74) is 0.810. The van der Waals surface area contributed by atoms with Crippen molar-refractivity contribution in [3.05, 3.63) is 65.4 Å². The molecule has 0 unspecified atom stereocenters. The summed E-state index contributed by atoms with van der Waals surface area (Å²) in [5, 5.41) is 14.0. The summed E-state index contributed by atoms with van der Waals surface area (Å²) in [6.45, 7) is 3.63. The van der Waals surface area contributed by atoms with Crippen LogP contribution in [0, 0.1) is 5.92 Å². The topological polar surface area (TPSA) is 96.9 Å². The van der Waals surface area contributed by atoms with Crippen LogP contribution in [0.1, 0.15) is 29.8 Å². The van der Waals surface area contributed by atoms with Gasteiger partial charge in [0.2, 0.25) is 0 Å². The lowest BCUT2D eigenvalue weighted by Gasteiger charge is -2.12. The van der Waals surface area contributed by atoms with E-state index in [-0.39, 0.29) is 24.6 Å². The number of benzene rings is 2. The monoisotopic (exact) mass is 462 g/mol. The highest BCUT2D eigenvalue weighted by Gasteiger charge is 2.15. The SMILES string of the molecule is CC(C)COc1ccc(C(=O)NC(=Cc2ccc(OCC(F)F)cc2)C(=O)NCCO)cc1. The molecule has 0 radical (unpaired) electrons. The molecule has 0 atom stereocenters. The highest BCUT2D eigenvalue weighted by Crippen LogP contribution is 2.16. The molecule has 0 aliphatic carbocycles. The fourth-order valence-electron chi connectivity index (χ4n) is 2.57. The lowest BCUT2D eigenvalue weighted by atomic mass is 10.1. The van der Waals surface area contributed by atoms with Crippen LogP contribution in [0.4, 0.5) is 8.78 Å². The van der Waals surface area contributed by atoms with Gasteiger partial charge in [-0.15, -0.1) is 0 Å². The number of alkyl halides is 2. The Morgan fingerprint density at radius 2 is 1.55 bits per heavy atom. The minimum atomic E-state index is -2.59. The van der Waals surface area contributed by atoms with E-state index in [2.05, 4.69) is 10.6 Å². The number of amides is 2. The largest absolute Gasteiger partial charge is 0.493 e. The van der Waals surface area contributed by atoms with Crippen molar-refractivity contribution >= 4 is 17.9 Å². The molecule has 2 aromatic carbocycles. The Bertz CT molecular complexity index is 929. The molecule has 0 heterocycles. The molecule has 0 saturated carbocycles. The van der Waals surface area contributed by atoms with Crippen LogP contribution in [0.3, 0.4) is 0 Å². The minimum absolute atomic E-state index is 0.00827. The van der Waals surface area contributed by atoms with E-state index in [1.165, 1.54) is 18.2 Å². The van der Waals surface area contributed by atoms with E-state index in [4.69, 9.17) is 14.6 Å². The number of aliphatic hydroxyl groups excluding tert-OH is 1. The van der Waals surface area contributed by atoms with Crippen LogP contribution in [-0.2, 0) is 4.79 Å². The van der Waals surface area contributed by atoms with Crippen LogP contribution in [0.15, 0.2) is 54.2 Å². The van der Waals surface area contributed by atoms with E-state index in [0.29, 0.717) is 29.4 Å². The van der Waals surface area contributed by atoms with Gasteiger partial charge < -0.3 is 25.2 Å². The van der Waals surface area contributed by atoms with Crippen molar-refractivity contribution in [1.82, 2.24) is 10.6 Å². The van der Waals surface area contributed by atoms with Crippen molar-refractivity contribution in [3.8, 4) is 11.5 Å². The van der Waals surface area contributed by atoms with Gasteiger partial charge in [-0.3, -0.25) is 9.59 Å². The number of nitrogens with one attached hydrogen (secondary N) is 2. The van der Waals surface area contributed by atoms with Crippen LogP contribution in [0.25, 0.3) is 6.08 Å². The summed E-state index contributed by atoms with van der Waals surface area (Å²) < 4.78 is 35.1. The standard InChI is InChI=1S/C24H28F2N2O5/c1-16(2)14-32-20-9-5-18(6-10-20)23(30)28-21(24(31)27-11-12-29)13-17-3-7-19(8-4-17)33-15-22(25)26/h3-10,13,16,22,29H,11-12,14-15H2,1-2H3,(H,27,31)(H,28,30). The third kappa shape index (κ3) is 9.28. The number of halogens is 2. The van der Waals surface area contributed by atoms with E-state index in [1.54, 1.807) is 36.4 Å². The Hall–Kier alpha value is -3.46. The second-order valence-corrected chi connectivity index (χ2v) is 7.49. The molecular formula is C24H28F2N2O5. The number of ether oxygens (including phenoxy) is 2. The normalized spacial score (nSPS) is 11.4. The van der Waals surface area contributed by atoms with Crippen LogP contribution >= 0.6 is 0 Å². The van der Waals surface area contributed by atoms with E-state index in [0.717, 1.165) is 0 Å². The molecule has 0 spiro atoms. The Balaban J connectivity index is 2.14. The van der Waals surface area contributed by atoms with Crippen LogP contribution in [0.5, 0.6) is 11.5 Å². The number of hydrogen-bond donors (Lipinski definition) is 3. The summed E-state index contributed by atoms with van der Waals surface area (Å²) in [5.74, 6) is 0.149. The van der Waals surface area contributed by atoms with Gasteiger partial charge in [0, 0.05) is 12.1 Å². The van der Waals surface area contributed by atoms with Gasteiger partial charge in [0.1, 0.15) is 23.8 Å². The molecule has 9 heteroatoms. The van der Waals surface area contributed by atoms with E-state index < -0.39 is 24.8 Å². The predicted molar refractivity (Wildman–Crippen MR) is 120 cm³/mol. The number of carbonyl (C=O) groups excluding carboxylic acids is 2. The first-order valence-electron chi connectivity index (χ1n) is 10.4. The number of aliphatic hydroxyl groups is 1. The van der Waals surface area contributed by atoms with Gasteiger partial charge >= 0.3 is 0 Å². The average molecular weight is 462 g/mol. The molecule has 0 saturated heterocycles. The number of carbonyl (C=O) groups is 2.